The summed E-state index contributed by atoms with van der Waals surface area (Å²) < 4.78 is 4.86. The molecule has 0 radical (unpaired) electrons. The number of nitrogens with zero attached hydrogens (tertiary/aromatic N) is 2. The second-order valence-electron chi connectivity index (χ2n) is 2.26. The highest BCUT2D eigenvalue weighted by molar-refractivity contribution is 6.37. The summed E-state index contributed by atoms with van der Waals surface area (Å²) in [5.74, 6) is -1.56. The summed E-state index contributed by atoms with van der Waals surface area (Å²) >= 11 is 5.68. The molecule has 6 heteroatoms. The van der Waals surface area contributed by atoms with Crippen molar-refractivity contribution >= 4 is 28.8 Å². The molecular weight excluding hydrogens is 196 g/mol. The van der Waals surface area contributed by atoms with Gasteiger partial charge in [0.05, 0.1) is 0 Å². The van der Waals surface area contributed by atoms with Gasteiger partial charge in [0.2, 0.25) is 11.5 Å². The van der Waals surface area contributed by atoms with Gasteiger partial charge in [-0.3, -0.25) is 0 Å². The first-order valence-electron chi connectivity index (χ1n) is 3.32. The fraction of sp³-hybridized carbons (Fsp3) is 0. The van der Waals surface area contributed by atoms with Crippen LogP contribution in [0.25, 0.3) is 11.2 Å². The van der Waals surface area contributed by atoms with Crippen LogP contribution in [0.1, 0.15) is 10.6 Å². The van der Waals surface area contributed by atoms with Crippen LogP contribution in [0.2, 0.25) is 5.02 Å². The van der Waals surface area contributed by atoms with Gasteiger partial charge >= 0.3 is 5.97 Å². The van der Waals surface area contributed by atoms with Gasteiger partial charge in [-0.25, -0.2) is 14.8 Å². The maximum atomic E-state index is 10.6. The molecule has 0 saturated heterocycles. The third-order valence-electron chi connectivity index (χ3n) is 1.46. The summed E-state index contributed by atoms with van der Waals surface area (Å²) in [6.45, 7) is 0. The van der Waals surface area contributed by atoms with Crippen LogP contribution in [0.3, 0.4) is 0 Å². The third-order valence-corrected chi connectivity index (χ3v) is 1.82. The summed E-state index contributed by atoms with van der Waals surface area (Å²) in [5.41, 5.74) is 0.395. The number of halogens is 1. The molecule has 0 saturated carbocycles. The first-order chi connectivity index (χ1) is 6.20. The van der Waals surface area contributed by atoms with Crippen LogP contribution in [0, 0.1) is 0 Å². The van der Waals surface area contributed by atoms with Crippen molar-refractivity contribution in [3.63, 3.8) is 0 Å². The number of furan rings is 1. The second-order valence-corrected chi connectivity index (χ2v) is 2.64. The Morgan fingerprint density at radius 2 is 2.15 bits per heavy atom. The molecule has 0 aliphatic rings. The molecular formula is C7H3ClN2O3. The monoisotopic (exact) mass is 198 g/mol. The van der Waals surface area contributed by atoms with E-state index in [2.05, 4.69) is 9.97 Å². The minimum absolute atomic E-state index is 0.0180. The predicted molar refractivity (Wildman–Crippen MR) is 43.8 cm³/mol. The summed E-state index contributed by atoms with van der Waals surface area (Å²) in [6.07, 6.45) is 2.81. The minimum Gasteiger partial charge on any atom is -0.475 e. The average Bonchev–Trinajstić information content (AvgIpc) is 2.45. The highest BCUT2D eigenvalue weighted by Gasteiger charge is 2.19. The molecule has 5 nitrogen and oxygen atoms in total. The van der Waals surface area contributed by atoms with E-state index < -0.39 is 5.97 Å². The van der Waals surface area contributed by atoms with E-state index in [0.717, 1.165) is 0 Å². The standard InChI is InChI=1S/C7H3ClN2O3/c8-3-4-6(10-2-1-9-4)13-5(3)7(11)12/h1-2H,(H,11,12). The summed E-state index contributed by atoms with van der Waals surface area (Å²) in [5, 5.41) is 8.61. The summed E-state index contributed by atoms with van der Waals surface area (Å²) in [7, 11) is 0. The smallest absolute Gasteiger partial charge is 0.373 e. The highest BCUT2D eigenvalue weighted by Crippen LogP contribution is 2.26. The van der Waals surface area contributed by atoms with Crippen molar-refractivity contribution in [3.05, 3.63) is 23.2 Å². The zero-order valence-electron chi connectivity index (χ0n) is 6.19. The molecule has 0 aliphatic heterocycles. The van der Waals surface area contributed by atoms with Crippen LogP contribution in [0.15, 0.2) is 16.8 Å². The maximum Gasteiger partial charge on any atom is 0.373 e. The van der Waals surface area contributed by atoms with Crippen molar-refractivity contribution in [1.29, 1.82) is 0 Å². The van der Waals surface area contributed by atoms with Crippen LogP contribution in [-0.2, 0) is 0 Å². The molecule has 0 amide bonds. The Morgan fingerprint density at radius 3 is 2.77 bits per heavy atom. The Kier molecular flexibility index (Phi) is 1.66. The van der Waals surface area contributed by atoms with Gasteiger partial charge in [0.15, 0.2) is 0 Å². The molecule has 2 heterocycles. The fourth-order valence-electron chi connectivity index (χ4n) is 0.937. The van der Waals surface area contributed by atoms with E-state index in [1.165, 1.54) is 12.4 Å². The van der Waals surface area contributed by atoms with E-state index in [-0.39, 0.29) is 22.0 Å². The topological polar surface area (TPSA) is 76.2 Å². The number of rotatable bonds is 1. The van der Waals surface area contributed by atoms with Gasteiger partial charge in [-0.05, 0) is 0 Å². The van der Waals surface area contributed by atoms with Crippen molar-refractivity contribution in [2.75, 3.05) is 0 Å². The predicted octanol–water partition coefficient (Wildman–Crippen LogP) is 1.57. The number of carboxylic acid groups (broad SMARTS) is 1. The lowest BCUT2D eigenvalue weighted by Crippen LogP contribution is -1.93. The second kappa shape index (κ2) is 2.70. The normalized spacial score (nSPS) is 10.5. The Hall–Kier alpha value is -1.62. The molecule has 0 fully saturated rings. The molecule has 1 N–H and O–H groups in total. The van der Waals surface area contributed by atoms with Crippen LogP contribution in [0.5, 0.6) is 0 Å². The van der Waals surface area contributed by atoms with Crippen molar-refractivity contribution in [2.24, 2.45) is 0 Å². The van der Waals surface area contributed by atoms with Gasteiger partial charge in [-0.15, -0.1) is 0 Å². The largest absolute Gasteiger partial charge is 0.475 e. The van der Waals surface area contributed by atoms with E-state index in [9.17, 15) is 4.79 Å². The van der Waals surface area contributed by atoms with E-state index >= 15 is 0 Å². The van der Waals surface area contributed by atoms with E-state index in [4.69, 9.17) is 21.1 Å². The molecule has 2 rings (SSSR count). The maximum absolute atomic E-state index is 10.6. The lowest BCUT2D eigenvalue weighted by atomic mass is 10.4. The Morgan fingerprint density at radius 1 is 1.46 bits per heavy atom. The van der Waals surface area contributed by atoms with Crippen LogP contribution >= 0.6 is 11.6 Å². The zero-order valence-corrected chi connectivity index (χ0v) is 6.95. The van der Waals surface area contributed by atoms with Crippen LogP contribution < -0.4 is 0 Å². The van der Waals surface area contributed by atoms with Crippen LogP contribution in [0.4, 0.5) is 0 Å². The van der Waals surface area contributed by atoms with Crippen molar-refractivity contribution < 1.29 is 14.3 Å². The Bertz CT molecular complexity index is 480. The van der Waals surface area contributed by atoms with Gasteiger partial charge in [0.25, 0.3) is 0 Å². The first kappa shape index (κ1) is 8.00. The first-order valence-corrected chi connectivity index (χ1v) is 3.70. The number of hydrogen-bond acceptors (Lipinski definition) is 4. The van der Waals surface area contributed by atoms with Crippen molar-refractivity contribution in [2.45, 2.75) is 0 Å². The molecule has 66 valence electrons. The average molecular weight is 199 g/mol. The molecule has 0 spiro atoms. The van der Waals surface area contributed by atoms with Gasteiger partial charge < -0.3 is 9.52 Å². The molecule has 0 unspecified atom stereocenters. The molecule has 13 heavy (non-hydrogen) atoms. The van der Waals surface area contributed by atoms with Gasteiger partial charge in [-0.2, -0.15) is 0 Å². The molecule has 2 aromatic rings. The lowest BCUT2D eigenvalue weighted by Gasteiger charge is -1.83. The Balaban J connectivity index is 2.81. The molecule has 0 bridgehead atoms. The van der Waals surface area contributed by atoms with E-state index in [1.54, 1.807) is 0 Å². The molecule has 0 aromatic carbocycles. The third kappa shape index (κ3) is 1.13. The summed E-state index contributed by atoms with van der Waals surface area (Å²) in [4.78, 5) is 18.2. The number of aromatic nitrogens is 2. The number of hydrogen-bond donors (Lipinski definition) is 1. The summed E-state index contributed by atoms with van der Waals surface area (Å²) in [6, 6.07) is 0. The molecule has 0 atom stereocenters. The highest BCUT2D eigenvalue weighted by atomic mass is 35.5. The zero-order chi connectivity index (χ0) is 9.42. The van der Waals surface area contributed by atoms with Gasteiger partial charge in [0.1, 0.15) is 10.5 Å². The number of carbonyl (C=O) groups is 1. The fourth-order valence-corrected chi connectivity index (χ4v) is 1.19. The molecule has 2 aromatic heterocycles. The lowest BCUT2D eigenvalue weighted by molar-refractivity contribution is 0.0665. The van der Waals surface area contributed by atoms with Gasteiger partial charge in [0, 0.05) is 12.4 Å². The van der Waals surface area contributed by atoms with Gasteiger partial charge in [-0.1, -0.05) is 11.6 Å². The number of carboxylic acids is 1. The minimum atomic E-state index is -1.23. The molecule has 0 aliphatic carbocycles. The van der Waals surface area contributed by atoms with Crippen LogP contribution in [-0.4, -0.2) is 21.0 Å². The number of fused-ring (bicyclic) bond motifs is 1. The van der Waals surface area contributed by atoms with E-state index in [0.29, 0.717) is 0 Å². The number of aromatic carboxylic acids is 1. The SMILES string of the molecule is O=C(O)c1oc2nccnc2c1Cl. The van der Waals surface area contributed by atoms with Crippen molar-refractivity contribution in [1.82, 2.24) is 9.97 Å². The van der Waals surface area contributed by atoms with E-state index in [1.807, 2.05) is 0 Å². The van der Waals surface area contributed by atoms with Crippen molar-refractivity contribution in [3.8, 4) is 0 Å². The quantitative estimate of drug-likeness (QED) is 0.753. The Labute approximate surface area is 77.0 Å².